The Hall–Kier alpha value is -1.35. The molecule has 0 bridgehead atoms. The van der Waals surface area contributed by atoms with E-state index in [0.717, 1.165) is 32.4 Å². The molecule has 2 rings (SSSR count). The molecule has 1 saturated heterocycles. The molecule has 0 saturated carbocycles. The maximum absolute atomic E-state index is 12.7. The molecule has 1 fully saturated rings. The van der Waals surface area contributed by atoms with Crippen molar-refractivity contribution in [2.45, 2.75) is 46.1 Å². The quantitative estimate of drug-likeness (QED) is 0.866. The molecule has 20 heavy (non-hydrogen) atoms. The lowest BCUT2D eigenvalue weighted by Gasteiger charge is -2.28. The molecule has 0 radical (unpaired) electrons. The van der Waals surface area contributed by atoms with E-state index in [4.69, 9.17) is 0 Å². The van der Waals surface area contributed by atoms with Crippen LogP contribution in [0.2, 0.25) is 0 Å². The molecule has 0 aromatic heterocycles. The van der Waals surface area contributed by atoms with Gasteiger partial charge < -0.3 is 10.6 Å². The predicted molar refractivity (Wildman–Crippen MR) is 82.6 cm³/mol. The number of benzene rings is 1. The first-order valence-electron chi connectivity index (χ1n) is 7.66. The molecule has 1 aliphatic heterocycles. The summed E-state index contributed by atoms with van der Waals surface area (Å²) in [6.07, 6.45) is 2.97. The summed E-state index contributed by atoms with van der Waals surface area (Å²) in [5.74, 6) is 0.206. The fraction of sp³-hybridized carbons (Fsp3) is 0.588. The van der Waals surface area contributed by atoms with E-state index in [1.165, 1.54) is 11.1 Å². The maximum atomic E-state index is 12.7. The Morgan fingerprint density at radius 1 is 1.40 bits per heavy atom. The number of hydrogen-bond donors (Lipinski definition) is 2. The van der Waals surface area contributed by atoms with Crippen molar-refractivity contribution in [3.8, 4) is 0 Å². The Morgan fingerprint density at radius 2 is 2.10 bits per heavy atom. The number of hydrogen-bond acceptors (Lipinski definition) is 2. The zero-order valence-electron chi connectivity index (χ0n) is 12.8. The number of amides is 1. The van der Waals surface area contributed by atoms with Crippen LogP contribution >= 0.6 is 0 Å². The highest BCUT2D eigenvalue weighted by molar-refractivity contribution is 5.83. The molecule has 1 heterocycles. The van der Waals surface area contributed by atoms with E-state index >= 15 is 0 Å². The third-order valence-electron chi connectivity index (χ3n) is 4.38. The number of carbonyl (C=O) groups excluding carboxylic acids is 1. The molecular weight excluding hydrogens is 248 g/mol. The van der Waals surface area contributed by atoms with Gasteiger partial charge in [0.2, 0.25) is 5.91 Å². The normalized spacial score (nSPS) is 23.6. The molecule has 2 N–H and O–H groups in total. The Balaban J connectivity index is 2.04. The molecule has 1 amide bonds. The van der Waals surface area contributed by atoms with Crippen molar-refractivity contribution in [3.63, 3.8) is 0 Å². The smallest absolute Gasteiger partial charge is 0.228 e. The van der Waals surface area contributed by atoms with E-state index in [1.807, 2.05) is 0 Å². The lowest BCUT2D eigenvalue weighted by Crippen LogP contribution is -2.43. The zero-order chi connectivity index (χ0) is 14.6. The molecule has 110 valence electrons. The van der Waals surface area contributed by atoms with Crippen LogP contribution in [-0.4, -0.2) is 19.0 Å². The van der Waals surface area contributed by atoms with Gasteiger partial charge in [-0.25, -0.2) is 0 Å². The van der Waals surface area contributed by atoms with Crippen LogP contribution in [0.3, 0.4) is 0 Å². The summed E-state index contributed by atoms with van der Waals surface area (Å²) in [5.41, 5.74) is 2.21. The van der Waals surface area contributed by atoms with Crippen LogP contribution in [0.5, 0.6) is 0 Å². The number of aryl methyl sites for hydroxylation is 1. The number of rotatable bonds is 5. The Morgan fingerprint density at radius 3 is 2.65 bits per heavy atom. The first kappa shape index (κ1) is 15.0. The summed E-state index contributed by atoms with van der Waals surface area (Å²) >= 11 is 0. The van der Waals surface area contributed by atoms with E-state index in [2.05, 4.69) is 55.7 Å². The van der Waals surface area contributed by atoms with Gasteiger partial charge in [0.05, 0.1) is 11.5 Å². The second-order valence-electron chi connectivity index (χ2n) is 6.06. The van der Waals surface area contributed by atoms with E-state index in [9.17, 15) is 4.79 Å². The molecule has 0 aliphatic carbocycles. The molecule has 3 nitrogen and oxygen atoms in total. The van der Waals surface area contributed by atoms with Crippen molar-refractivity contribution >= 4 is 5.91 Å². The molecule has 1 aliphatic rings. The summed E-state index contributed by atoms with van der Waals surface area (Å²) in [5, 5.41) is 6.54. The fourth-order valence-corrected chi connectivity index (χ4v) is 3.03. The van der Waals surface area contributed by atoms with Crippen LogP contribution < -0.4 is 10.6 Å². The van der Waals surface area contributed by atoms with Crippen LogP contribution in [-0.2, 0) is 4.79 Å². The van der Waals surface area contributed by atoms with Gasteiger partial charge in [0.15, 0.2) is 0 Å². The third-order valence-corrected chi connectivity index (χ3v) is 4.38. The second kappa shape index (κ2) is 6.40. The van der Waals surface area contributed by atoms with Gasteiger partial charge in [-0.05, 0) is 38.8 Å². The van der Waals surface area contributed by atoms with Gasteiger partial charge in [-0.2, -0.15) is 0 Å². The van der Waals surface area contributed by atoms with Gasteiger partial charge in [0.1, 0.15) is 0 Å². The van der Waals surface area contributed by atoms with E-state index < -0.39 is 0 Å². The third kappa shape index (κ3) is 3.21. The lowest BCUT2D eigenvalue weighted by molar-refractivity contribution is -0.131. The molecule has 1 unspecified atom stereocenters. The zero-order valence-corrected chi connectivity index (χ0v) is 12.8. The summed E-state index contributed by atoms with van der Waals surface area (Å²) in [6, 6.07) is 8.45. The van der Waals surface area contributed by atoms with Crippen molar-refractivity contribution in [1.82, 2.24) is 10.6 Å². The summed E-state index contributed by atoms with van der Waals surface area (Å²) in [4.78, 5) is 12.7. The minimum Gasteiger partial charge on any atom is -0.349 e. The van der Waals surface area contributed by atoms with E-state index in [-0.39, 0.29) is 17.4 Å². The molecule has 3 heteroatoms. The van der Waals surface area contributed by atoms with Crippen molar-refractivity contribution in [3.05, 3.63) is 35.4 Å². The standard InChI is InChI=1S/C17H26N2O/c1-4-9-17(10-11-18-12-17)16(20)19-14(3)15-7-5-13(2)6-8-15/h5-8,14,18H,4,9-12H2,1-3H3,(H,19,20)/t14-,17?/m0/s1. The average molecular weight is 274 g/mol. The Bertz CT molecular complexity index is 447. The highest BCUT2D eigenvalue weighted by Crippen LogP contribution is 2.32. The molecule has 2 atom stereocenters. The van der Waals surface area contributed by atoms with Crippen molar-refractivity contribution in [2.75, 3.05) is 13.1 Å². The molecule has 1 aromatic rings. The van der Waals surface area contributed by atoms with Gasteiger partial charge in [-0.3, -0.25) is 4.79 Å². The number of nitrogens with one attached hydrogen (secondary N) is 2. The van der Waals surface area contributed by atoms with Gasteiger partial charge in [-0.15, -0.1) is 0 Å². The predicted octanol–water partition coefficient (Wildman–Crippen LogP) is 2.95. The largest absolute Gasteiger partial charge is 0.349 e. The fourth-order valence-electron chi connectivity index (χ4n) is 3.03. The highest BCUT2D eigenvalue weighted by atomic mass is 16.2. The minimum absolute atomic E-state index is 0.0671. The van der Waals surface area contributed by atoms with Gasteiger partial charge >= 0.3 is 0 Å². The van der Waals surface area contributed by atoms with Crippen LogP contribution in [0.4, 0.5) is 0 Å². The van der Waals surface area contributed by atoms with Gasteiger partial charge in [-0.1, -0.05) is 43.2 Å². The van der Waals surface area contributed by atoms with Gasteiger partial charge in [0.25, 0.3) is 0 Å². The highest BCUT2D eigenvalue weighted by Gasteiger charge is 2.40. The monoisotopic (exact) mass is 274 g/mol. The Labute approximate surface area is 122 Å². The number of carbonyl (C=O) groups is 1. The van der Waals surface area contributed by atoms with Crippen molar-refractivity contribution in [2.24, 2.45) is 5.41 Å². The molecular formula is C17H26N2O. The SMILES string of the molecule is CCCC1(C(=O)N[C@@H](C)c2ccc(C)cc2)CCNC1. The summed E-state index contributed by atoms with van der Waals surface area (Å²) in [7, 11) is 0. The topological polar surface area (TPSA) is 41.1 Å². The van der Waals surface area contributed by atoms with Crippen LogP contribution in [0.15, 0.2) is 24.3 Å². The summed E-state index contributed by atoms with van der Waals surface area (Å²) < 4.78 is 0. The summed E-state index contributed by atoms with van der Waals surface area (Å²) in [6.45, 7) is 8.05. The second-order valence-corrected chi connectivity index (χ2v) is 6.06. The molecule has 1 aromatic carbocycles. The van der Waals surface area contributed by atoms with Crippen LogP contribution in [0, 0.1) is 12.3 Å². The van der Waals surface area contributed by atoms with Crippen LogP contribution in [0.25, 0.3) is 0 Å². The first-order chi connectivity index (χ1) is 9.57. The minimum atomic E-state index is -0.201. The van der Waals surface area contributed by atoms with Crippen molar-refractivity contribution < 1.29 is 4.79 Å². The Kier molecular flexibility index (Phi) is 4.81. The lowest BCUT2D eigenvalue weighted by atomic mass is 9.81. The van der Waals surface area contributed by atoms with E-state index in [1.54, 1.807) is 0 Å². The van der Waals surface area contributed by atoms with Gasteiger partial charge in [0, 0.05) is 6.54 Å². The average Bonchev–Trinajstić information content (AvgIpc) is 2.89. The first-order valence-corrected chi connectivity index (χ1v) is 7.66. The van der Waals surface area contributed by atoms with E-state index in [0.29, 0.717) is 0 Å². The van der Waals surface area contributed by atoms with Crippen molar-refractivity contribution in [1.29, 1.82) is 0 Å². The molecule has 0 spiro atoms. The van der Waals surface area contributed by atoms with Crippen LogP contribution in [0.1, 0.15) is 50.3 Å². The maximum Gasteiger partial charge on any atom is 0.228 e.